The molecular weight excluding hydrogens is 458 g/mol. The summed E-state index contributed by atoms with van der Waals surface area (Å²) in [5, 5.41) is 4.26. The Balaban J connectivity index is 1.53. The van der Waals surface area contributed by atoms with Crippen molar-refractivity contribution in [2.75, 3.05) is 11.1 Å². The first-order chi connectivity index (χ1) is 13.4. The Hall–Kier alpha value is -1.64. The number of benzene rings is 1. The standard InChI is InChI=1S/C20H20BrN3O2S2/c1-11-9-12(7-8-14(11)21)22-16(25)10-27-20-23-18-17(19(26)24(20)2)13-5-3-4-6-15(13)28-18/h7-9H,3-6,10H2,1-2H3,(H,22,25). The molecule has 1 aromatic carbocycles. The van der Waals surface area contributed by atoms with Crippen LogP contribution in [0.5, 0.6) is 0 Å². The Bertz CT molecular complexity index is 1140. The van der Waals surface area contributed by atoms with Crippen LogP contribution in [-0.2, 0) is 24.7 Å². The third-order valence-electron chi connectivity index (χ3n) is 4.93. The fourth-order valence-electron chi connectivity index (χ4n) is 3.45. The predicted molar refractivity (Wildman–Crippen MR) is 120 cm³/mol. The molecule has 1 aliphatic rings. The molecule has 0 bridgehead atoms. The third kappa shape index (κ3) is 3.77. The summed E-state index contributed by atoms with van der Waals surface area (Å²) < 4.78 is 2.58. The highest BCUT2D eigenvalue weighted by Crippen LogP contribution is 2.34. The van der Waals surface area contributed by atoms with Crippen molar-refractivity contribution in [3.05, 3.63) is 49.0 Å². The Morgan fingerprint density at radius 3 is 2.93 bits per heavy atom. The molecule has 1 aliphatic carbocycles. The minimum absolute atomic E-state index is 0.00385. The number of thioether (sulfide) groups is 1. The van der Waals surface area contributed by atoms with Crippen LogP contribution >= 0.6 is 39.0 Å². The number of halogens is 1. The summed E-state index contributed by atoms with van der Waals surface area (Å²) in [6, 6.07) is 5.69. The molecule has 1 N–H and O–H groups in total. The zero-order chi connectivity index (χ0) is 19.8. The number of anilines is 1. The van der Waals surface area contributed by atoms with Gasteiger partial charge in [0.15, 0.2) is 5.16 Å². The number of thiophene rings is 1. The van der Waals surface area contributed by atoms with Crippen LogP contribution in [0.4, 0.5) is 5.69 Å². The van der Waals surface area contributed by atoms with Gasteiger partial charge in [0, 0.05) is 22.1 Å². The maximum absolute atomic E-state index is 12.9. The Morgan fingerprint density at radius 2 is 2.14 bits per heavy atom. The maximum atomic E-state index is 12.9. The number of fused-ring (bicyclic) bond motifs is 3. The van der Waals surface area contributed by atoms with Gasteiger partial charge in [-0.2, -0.15) is 0 Å². The van der Waals surface area contributed by atoms with Gasteiger partial charge in [-0.1, -0.05) is 27.7 Å². The van der Waals surface area contributed by atoms with Crippen LogP contribution in [0.25, 0.3) is 10.2 Å². The van der Waals surface area contributed by atoms with Crippen molar-refractivity contribution in [3.8, 4) is 0 Å². The average Bonchev–Trinajstić information content (AvgIpc) is 3.05. The van der Waals surface area contributed by atoms with E-state index in [0.717, 1.165) is 45.2 Å². The van der Waals surface area contributed by atoms with Crippen LogP contribution < -0.4 is 10.9 Å². The van der Waals surface area contributed by atoms with E-state index in [0.29, 0.717) is 5.16 Å². The molecule has 0 unspecified atom stereocenters. The topological polar surface area (TPSA) is 64.0 Å². The van der Waals surface area contributed by atoms with E-state index in [9.17, 15) is 9.59 Å². The minimum atomic E-state index is -0.119. The number of nitrogens with one attached hydrogen (secondary N) is 1. The lowest BCUT2D eigenvalue weighted by Crippen LogP contribution is -2.22. The number of aromatic nitrogens is 2. The van der Waals surface area contributed by atoms with Crippen LogP contribution in [0, 0.1) is 6.92 Å². The normalized spacial score (nSPS) is 13.5. The highest BCUT2D eigenvalue weighted by molar-refractivity contribution is 9.10. The van der Waals surface area contributed by atoms with E-state index in [-0.39, 0.29) is 17.2 Å². The molecule has 0 spiro atoms. The summed E-state index contributed by atoms with van der Waals surface area (Å²) in [6.07, 6.45) is 4.32. The van der Waals surface area contributed by atoms with Crippen LogP contribution in [0.1, 0.15) is 28.8 Å². The SMILES string of the molecule is Cc1cc(NC(=O)CSc2nc3sc4c(c3c(=O)n2C)CCCC4)ccc1Br. The van der Waals surface area contributed by atoms with E-state index in [1.807, 2.05) is 25.1 Å². The number of carbonyl (C=O) groups is 1. The summed E-state index contributed by atoms with van der Waals surface area (Å²) in [7, 11) is 1.74. The number of hydrogen-bond donors (Lipinski definition) is 1. The largest absolute Gasteiger partial charge is 0.325 e. The number of amides is 1. The van der Waals surface area contributed by atoms with Gasteiger partial charge in [0.05, 0.1) is 11.1 Å². The molecule has 3 aromatic rings. The monoisotopic (exact) mass is 477 g/mol. The Morgan fingerprint density at radius 1 is 1.36 bits per heavy atom. The smallest absolute Gasteiger partial charge is 0.262 e. The first-order valence-corrected chi connectivity index (χ1v) is 11.7. The zero-order valence-corrected chi connectivity index (χ0v) is 18.9. The van der Waals surface area contributed by atoms with E-state index in [4.69, 9.17) is 4.98 Å². The quantitative estimate of drug-likeness (QED) is 0.437. The molecule has 0 fully saturated rings. The number of hydrogen-bond acceptors (Lipinski definition) is 5. The molecular formula is C20H20BrN3O2S2. The number of nitrogens with zero attached hydrogens (tertiary/aromatic N) is 2. The zero-order valence-electron chi connectivity index (χ0n) is 15.7. The molecule has 0 radical (unpaired) electrons. The first-order valence-electron chi connectivity index (χ1n) is 9.14. The molecule has 0 saturated carbocycles. The van der Waals surface area contributed by atoms with Crippen molar-refractivity contribution in [2.45, 2.75) is 37.8 Å². The highest BCUT2D eigenvalue weighted by atomic mass is 79.9. The molecule has 2 aromatic heterocycles. The van der Waals surface area contributed by atoms with Gasteiger partial charge < -0.3 is 5.32 Å². The van der Waals surface area contributed by atoms with E-state index in [2.05, 4.69) is 21.2 Å². The fourth-order valence-corrected chi connectivity index (χ4v) is 5.77. The van der Waals surface area contributed by atoms with E-state index in [1.54, 1.807) is 23.0 Å². The molecule has 5 nitrogen and oxygen atoms in total. The number of rotatable bonds is 4. The van der Waals surface area contributed by atoms with Crippen molar-refractivity contribution in [1.29, 1.82) is 0 Å². The molecule has 0 atom stereocenters. The Labute approximate surface area is 179 Å². The van der Waals surface area contributed by atoms with Gasteiger partial charge >= 0.3 is 0 Å². The third-order valence-corrected chi connectivity index (χ3v) is 8.03. The van der Waals surface area contributed by atoms with Gasteiger partial charge in [-0.15, -0.1) is 11.3 Å². The van der Waals surface area contributed by atoms with Crippen molar-refractivity contribution in [3.63, 3.8) is 0 Å². The second-order valence-electron chi connectivity index (χ2n) is 6.95. The van der Waals surface area contributed by atoms with Gasteiger partial charge in [0.2, 0.25) is 5.91 Å². The molecule has 0 aliphatic heterocycles. The summed E-state index contributed by atoms with van der Waals surface area (Å²) in [6.45, 7) is 1.98. The van der Waals surface area contributed by atoms with Gasteiger partial charge in [0.1, 0.15) is 4.83 Å². The second kappa shape index (κ2) is 8.00. The molecule has 146 valence electrons. The van der Waals surface area contributed by atoms with Gasteiger partial charge in [-0.25, -0.2) is 4.98 Å². The van der Waals surface area contributed by atoms with Crippen LogP contribution in [-0.4, -0.2) is 21.2 Å². The Kier molecular flexibility index (Phi) is 5.62. The minimum Gasteiger partial charge on any atom is -0.325 e. The molecule has 2 heterocycles. The number of aryl methyl sites for hydroxylation is 3. The molecule has 1 amide bonds. The van der Waals surface area contributed by atoms with E-state index >= 15 is 0 Å². The summed E-state index contributed by atoms with van der Waals surface area (Å²) in [4.78, 5) is 32.1. The van der Waals surface area contributed by atoms with Crippen molar-refractivity contribution < 1.29 is 4.79 Å². The van der Waals surface area contributed by atoms with Gasteiger partial charge in [-0.3, -0.25) is 14.2 Å². The van der Waals surface area contributed by atoms with Crippen molar-refractivity contribution in [1.82, 2.24) is 9.55 Å². The van der Waals surface area contributed by atoms with Gasteiger partial charge in [-0.05, 0) is 61.9 Å². The lowest BCUT2D eigenvalue weighted by atomic mass is 9.97. The maximum Gasteiger partial charge on any atom is 0.262 e. The molecule has 8 heteroatoms. The van der Waals surface area contributed by atoms with Crippen LogP contribution in [0.15, 0.2) is 32.6 Å². The van der Waals surface area contributed by atoms with Crippen LogP contribution in [0.3, 0.4) is 0 Å². The molecule has 0 saturated heterocycles. The summed E-state index contributed by atoms with van der Waals surface area (Å²) in [5.74, 6) is 0.0814. The molecule has 4 rings (SSSR count). The lowest BCUT2D eigenvalue weighted by molar-refractivity contribution is -0.113. The first kappa shape index (κ1) is 19.7. The molecule has 28 heavy (non-hydrogen) atoms. The number of carbonyl (C=O) groups excluding carboxylic acids is 1. The lowest BCUT2D eigenvalue weighted by Gasteiger charge is -2.11. The van der Waals surface area contributed by atoms with Gasteiger partial charge in [0.25, 0.3) is 5.56 Å². The second-order valence-corrected chi connectivity index (χ2v) is 9.83. The van der Waals surface area contributed by atoms with Crippen LogP contribution in [0.2, 0.25) is 0 Å². The highest BCUT2D eigenvalue weighted by Gasteiger charge is 2.21. The summed E-state index contributed by atoms with van der Waals surface area (Å²) >= 11 is 6.38. The van der Waals surface area contributed by atoms with Crippen molar-refractivity contribution in [2.24, 2.45) is 7.05 Å². The predicted octanol–water partition coefficient (Wildman–Crippen LogP) is 4.68. The van der Waals surface area contributed by atoms with Crippen molar-refractivity contribution >= 4 is 60.8 Å². The fraction of sp³-hybridized carbons (Fsp3) is 0.350. The van der Waals surface area contributed by atoms with E-state index < -0.39 is 0 Å². The average molecular weight is 478 g/mol. The summed E-state index contributed by atoms with van der Waals surface area (Å²) in [5.41, 5.74) is 3.01. The van der Waals surface area contributed by atoms with E-state index in [1.165, 1.54) is 28.6 Å².